The third-order valence-corrected chi connectivity index (χ3v) is 4.59. The fourth-order valence-electron chi connectivity index (χ4n) is 2.50. The summed E-state index contributed by atoms with van der Waals surface area (Å²) in [5.74, 6) is 0.771. The third-order valence-electron chi connectivity index (χ3n) is 3.60. The number of hydrogen-bond acceptors (Lipinski definition) is 6. The highest BCUT2D eigenvalue weighted by Gasteiger charge is 2.14. The second-order valence-corrected chi connectivity index (χ2v) is 7.21. The molecule has 1 unspecified atom stereocenters. The van der Waals surface area contributed by atoms with Crippen molar-refractivity contribution in [2.24, 2.45) is 0 Å². The van der Waals surface area contributed by atoms with Crippen LogP contribution >= 0.6 is 11.3 Å². The molecule has 0 aliphatic carbocycles. The monoisotopic (exact) mass is 353 g/mol. The summed E-state index contributed by atoms with van der Waals surface area (Å²) in [4.78, 5) is 4.88. The van der Waals surface area contributed by atoms with Crippen LogP contribution in [0, 0.1) is 6.92 Å². The van der Waals surface area contributed by atoms with E-state index in [9.17, 15) is 5.11 Å². The maximum absolute atomic E-state index is 10.3. The summed E-state index contributed by atoms with van der Waals surface area (Å²) in [6, 6.07) is 7.98. The van der Waals surface area contributed by atoms with E-state index in [1.807, 2.05) is 12.1 Å². The van der Waals surface area contributed by atoms with Gasteiger partial charge in [0.05, 0.1) is 19.0 Å². The quantitative estimate of drug-likeness (QED) is 0.594. The fraction of sp³-hybridized carbons (Fsp3) is 0.556. The lowest BCUT2D eigenvalue weighted by atomic mass is 10.3. The predicted octanol–water partition coefficient (Wildman–Crippen LogP) is 3.07. The molecule has 0 aromatic carbocycles. The predicted molar refractivity (Wildman–Crippen MR) is 95.2 cm³/mol. The molecular weight excluding hydrogens is 326 g/mol. The molecule has 0 radical (unpaired) electrons. The number of aryl methyl sites for hydroxylation is 1. The average molecular weight is 353 g/mol. The van der Waals surface area contributed by atoms with Crippen LogP contribution in [0.2, 0.25) is 0 Å². The Bertz CT molecular complexity index is 555. The summed E-state index contributed by atoms with van der Waals surface area (Å²) in [6.45, 7) is 5.84. The van der Waals surface area contributed by atoms with Gasteiger partial charge in [-0.2, -0.15) is 0 Å². The molecule has 24 heavy (non-hydrogen) atoms. The number of hydrogen-bond donors (Lipinski definition) is 1. The molecule has 0 spiro atoms. The maximum Gasteiger partial charge on any atom is 0.129 e. The molecule has 134 valence electrons. The van der Waals surface area contributed by atoms with Crippen molar-refractivity contribution < 1.29 is 19.0 Å². The smallest absolute Gasteiger partial charge is 0.129 e. The van der Waals surface area contributed by atoms with Gasteiger partial charge in [-0.05, 0) is 37.6 Å². The first-order chi connectivity index (χ1) is 11.7. The van der Waals surface area contributed by atoms with Crippen molar-refractivity contribution in [2.45, 2.75) is 32.6 Å². The molecule has 0 fully saturated rings. The van der Waals surface area contributed by atoms with Crippen LogP contribution in [-0.4, -0.2) is 49.5 Å². The number of rotatable bonds is 12. The Balaban J connectivity index is 1.76. The highest BCUT2D eigenvalue weighted by molar-refractivity contribution is 7.11. The van der Waals surface area contributed by atoms with Crippen LogP contribution in [0.4, 0.5) is 0 Å². The van der Waals surface area contributed by atoms with Crippen molar-refractivity contribution in [2.75, 3.05) is 33.4 Å². The molecule has 1 atom stereocenters. The number of furan rings is 1. The molecule has 2 rings (SSSR count). The summed E-state index contributed by atoms with van der Waals surface area (Å²) in [7, 11) is 1.71. The van der Waals surface area contributed by atoms with E-state index in [0.29, 0.717) is 19.8 Å². The molecule has 0 saturated heterocycles. The van der Waals surface area contributed by atoms with Crippen molar-refractivity contribution in [3.05, 3.63) is 46.0 Å². The van der Waals surface area contributed by atoms with E-state index in [0.717, 1.165) is 31.9 Å². The van der Waals surface area contributed by atoms with Crippen molar-refractivity contribution in [3.8, 4) is 0 Å². The number of aliphatic hydroxyl groups excluding tert-OH is 1. The van der Waals surface area contributed by atoms with Gasteiger partial charge in [-0.15, -0.1) is 11.3 Å². The molecule has 2 aromatic heterocycles. The Labute approximate surface area is 147 Å². The Morgan fingerprint density at radius 3 is 2.88 bits per heavy atom. The van der Waals surface area contributed by atoms with E-state index < -0.39 is 6.10 Å². The molecule has 0 aliphatic rings. The van der Waals surface area contributed by atoms with Crippen LogP contribution in [0.1, 0.15) is 21.9 Å². The normalized spacial score (nSPS) is 12.8. The van der Waals surface area contributed by atoms with E-state index in [-0.39, 0.29) is 0 Å². The van der Waals surface area contributed by atoms with Gasteiger partial charge in [0.1, 0.15) is 12.4 Å². The van der Waals surface area contributed by atoms with Gasteiger partial charge < -0.3 is 19.0 Å². The second-order valence-electron chi connectivity index (χ2n) is 5.84. The average Bonchev–Trinajstić information content (AvgIpc) is 3.19. The summed E-state index contributed by atoms with van der Waals surface area (Å²) in [5.41, 5.74) is 0. The molecule has 2 aromatic rings. The standard InChI is InChI=1S/C18H27NO4S/c1-15-6-7-18(24-15)12-19(8-4-9-21-2)11-16(20)13-22-14-17-5-3-10-23-17/h3,5-7,10,16,20H,4,8-9,11-14H2,1-2H3. The Kier molecular flexibility index (Phi) is 8.49. The third kappa shape index (κ3) is 7.15. The van der Waals surface area contributed by atoms with Crippen LogP contribution in [0.5, 0.6) is 0 Å². The van der Waals surface area contributed by atoms with Crippen molar-refractivity contribution >= 4 is 11.3 Å². The topological polar surface area (TPSA) is 55.1 Å². The zero-order valence-corrected chi connectivity index (χ0v) is 15.3. The number of thiophene rings is 1. The number of nitrogens with zero attached hydrogens (tertiary/aromatic N) is 1. The molecule has 6 heteroatoms. The minimum atomic E-state index is -0.524. The molecule has 1 N–H and O–H groups in total. The van der Waals surface area contributed by atoms with E-state index in [1.165, 1.54) is 9.75 Å². The lowest BCUT2D eigenvalue weighted by Crippen LogP contribution is -2.35. The van der Waals surface area contributed by atoms with Crippen LogP contribution in [0.25, 0.3) is 0 Å². The van der Waals surface area contributed by atoms with Crippen molar-refractivity contribution in [1.29, 1.82) is 0 Å². The van der Waals surface area contributed by atoms with Gasteiger partial charge in [-0.1, -0.05) is 0 Å². The van der Waals surface area contributed by atoms with Crippen molar-refractivity contribution in [3.63, 3.8) is 0 Å². The minimum Gasteiger partial charge on any atom is -0.467 e. The first kappa shape index (κ1) is 19.1. The molecule has 0 amide bonds. The van der Waals surface area contributed by atoms with Crippen LogP contribution < -0.4 is 0 Å². The molecular formula is C18H27NO4S. The van der Waals surface area contributed by atoms with Gasteiger partial charge in [0.15, 0.2) is 0 Å². The van der Waals surface area contributed by atoms with Gasteiger partial charge in [0.2, 0.25) is 0 Å². The van der Waals surface area contributed by atoms with Gasteiger partial charge in [-0.25, -0.2) is 0 Å². The van der Waals surface area contributed by atoms with Crippen molar-refractivity contribution in [1.82, 2.24) is 4.90 Å². The molecule has 5 nitrogen and oxygen atoms in total. The second kappa shape index (κ2) is 10.6. The first-order valence-corrected chi connectivity index (χ1v) is 9.04. The van der Waals surface area contributed by atoms with Gasteiger partial charge in [0, 0.05) is 43.1 Å². The molecule has 2 heterocycles. The number of aliphatic hydroxyl groups is 1. The van der Waals surface area contributed by atoms with Crippen LogP contribution in [-0.2, 0) is 22.6 Å². The highest BCUT2D eigenvalue weighted by Crippen LogP contribution is 2.17. The highest BCUT2D eigenvalue weighted by atomic mass is 32.1. The summed E-state index contributed by atoms with van der Waals surface area (Å²) >= 11 is 1.80. The zero-order valence-electron chi connectivity index (χ0n) is 14.4. The zero-order chi connectivity index (χ0) is 17.2. The van der Waals surface area contributed by atoms with Crippen LogP contribution in [0.15, 0.2) is 34.9 Å². The maximum atomic E-state index is 10.3. The summed E-state index contributed by atoms with van der Waals surface area (Å²) in [5, 5.41) is 10.3. The summed E-state index contributed by atoms with van der Waals surface area (Å²) < 4.78 is 15.9. The number of ether oxygens (including phenoxy) is 2. The molecule has 0 bridgehead atoms. The SMILES string of the molecule is COCCCN(Cc1ccc(C)s1)CC(O)COCc1ccco1. The number of methoxy groups -OCH3 is 1. The Morgan fingerprint density at radius 2 is 2.21 bits per heavy atom. The first-order valence-electron chi connectivity index (χ1n) is 8.22. The van der Waals surface area contributed by atoms with E-state index >= 15 is 0 Å². The summed E-state index contributed by atoms with van der Waals surface area (Å²) in [6.07, 6.45) is 2.04. The van der Waals surface area contributed by atoms with Gasteiger partial charge in [-0.3, -0.25) is 4.90 Å². The largest absolute Gasteiger partial charge is 0.467 e. The molecule has 0 saturated carbocycles. The minimum absolute atomic E-state index is 0.297. The van der Waals surface area contributed by atoms with Gasteiger partial charge in [0.25, 0.3) is 0 Å². The van der Waals surface area contributed by atoms with Crippen LogP contribution in [0.3, 0.4) is 0 Å². The fourth-order valence-corrected chi connectivity index (χ4v) is 3.43. The molecule has 0 aliphatic heterocycles. The Morgan fingerprint density at radius 1 is 1.33 bits per heavy atom. The Hall–Kier alpha value is -1.18. The van der Waals surface area contributed by atoms with Gasteiger partial charge >= 0.3 is 0 Å². The lowest BCUT2D eigenvalue weighted by molar-refractivity contribution is 0.00296. The lowest BCUT2D eigenvalue weighted by Gasteiger charge is -2.24. The van der Waals surface area contributed by atoms with E-state index in [4.69, 9.17) is 13.9 Å². The van der Waals surface area contributed by atoms with E-state index in [2.05, 4.69) is 24.0 Å². The van der Waals surface area contributed by atoms with E-state index in [1.54, 1.807) is 24.7 Å².